The molecule has 0 aliphatic heterocycles. The Bertz CT molecular complexity index is 829. The molecular formula is C25H34N2O3S. The van der Waals surface area contributed by atoms with E-state index in [0.29, 0.717) is 18.7 Å². The number of methoxy groups -OCH3 is 1. The Morgan fingerprint density at radius 1 is 1.06 bits per heavy atom. The zero-order chi connectivity index (χ0) is 22.6. The Balaban J connectivity index is 2.03. The van der Waals surface area contributed by atoms with E-state index in [4.69, 9.17) is 4.74 Å². The summed E-state index contributed by atoms with van der Waals surface area (Å²) >= 11 is 1.73. The van der Waals surface area contributed by atoms with Gasteiger partial charge in [0.05, 0.1) is 7.11 Å². The van der Waals surface area contributed by atoms with Crippen molar-refractivity contribution in [2.24, 2.45) is 0 Å². The van der Waals surface area contributed by atoms with Gasteiger partial charge in [0.25, 0.3) is 0 Å². The summed E-state index contributed by atoms with van der Waals surface area (Å²) in [5, 5.41) is 3.00. The average molecular weight is 443 g/mol. The van der Waals surface area contributed by atoms with E-state index in [1.165, 1.54) is 5.56 Å². The molecule has 0 aliphatic rings. The molecule has 0 saturated carbocycles. The van der Waals surface area contributed by atoms with Gasteiger partial charge >= 0.3 is 0 Å². The van der Waals surface area contributed by atoms with Gasteiger partial charge in [0.2, 0.25) is 11.8 Å². The van der Waals surface area contributed by atoms with Crippen LogP contribution >= 0.6 is 11.8 Å². The lowest BCUT2D eigenvalue weighted by molar-refractivity contribution is -0.140. The van der Waals surface area contributed by atoms with Gasteiger partial charge in [-0.1, -0.05) is 49.4 Å². The molecule has 2 rings (SSSR count). The van der Waals surface area contributed by atoms with E-state index in [1.807, 2.05) is 56.3 Å². The lowest BCUT2D eigenvalue weighted by Crippen LogP contribution is -2.49. The highest BCUT2D eigenvalue weighted by Crippen LogP contribution is 2.18. The third kappa shape index (κ3) is 8.29. The van der Waals surface area contributed by atoms with Gasteiger partial charge in [0.1, 0.15) is 11.8 Å². The van der Waals surface area contributed by atoms with Crippen molar-refractivity contribution in [1.29, 1.82) is 0 Å². The molecule has 6 heteroatoms. The number of amides is 2. The molecule has 2 aromatic carbocycles. The molecule has 0 radical (unpaired) electrons. The summed E-state index contributed by atoms with van der Waals surface area (Å²) in [6.07, 6.45) is 1.24. The maximum Gasteiger partial charge on any atom is 0.242 e. The first-order valence-corrected chi connectivity index (χ1v) is 11.9. The summed E-state index contributed by atoms with van der Waals surface area (Å²) in [6, 6.07) is 17.4. The number of nitrogens with zero attached hydrogens (tertiary/aromatic N) is 1. The fourth-order valence-corrected chi connectivity index (χ4v) is 3.97. The lowest BCUT2D eigenvalue weighted by atomic mass is 10.1. The van der Waals surface area contributed by atoms with E-state index < -0.39 is 6.04 Å². The zero-order valence-corrected chi connectivity index (χ0v) is 19.8. The number of hydrogen-bond acceptors (Lipinski definition) is 4. The minimum Gasteiger partial charge on any atom is -0.497 e. The van der Waals surface area contributed by atoms with Crippen LogP contribution in [0.25, 0.3) is 0 Å². The number of carbonyl (C=O) groups is 2. The minimum absolute atomic E-state index is 0.0183. The molecule has 5 nitrogen and oxygen atoms in total. The minimum atomic E-state index is -0.549. The number of hydrogen-bond donors (Lipinski definition) is 1. The standard InChI is InChI=1S/C25H34N2O3S/c1-5-19(2)26-25(29)20(3)27(17-22-12-9-13-23(16-22)30-4)24(28)14-15-31-18-21-10-7-6-8-11-21/h6-13,16,19-20H,5,14-15,17-18H2,1-4H3,(H,26,29)/t19-,20+/m1/s1. The van der Waals surface area contributed by atoms with E-state index in [1.54, 1.807) is 30.7 Å². The SMILES string of the molecule is CC[C@@H](C)NC(=O)[C@H](C)N(Cc1cccc(OC)c1)C(=O)CCSCc1ccccc1. The summed E-state index contributed by atoms with van der Waals surface area (Å²) in [5.74, 6) is 2.17. The Hall–Kier alpha value is -2.47. The van der Waals surface area contributed by atoms with E-state index in [0.717, 1.165) is 23.5 Å². The number of thioether (sulfide) groups is 1. The summed E-state index contributed by atoms with van der Waals surface area (Å²) in [4.78, 5) is 27.5. The van der Waals surface area contributed by atoms with Crippen molar-refractivity contribution in [3.63, 3.8) is 0 Å². The monoisotopic (exact) mass is 442 g/mol. The summed E-state index contributed by atoms with van der Waals surface area (Å²) < 4.78 is 5.31. The normalized spacial score (nSPS) is 12.6. The molecular weight excluding hydrogens is 408 g/mol. The maximum atomic E-state index is 13.1. The van der Waals surface area contributed by atoms with Crippen molar-refractivity contribution in [2.75, 3.05) is 12.9 Å². The van der Waals surface area contributed by atoms with Crippen molar-refractivity contribution < 1.29 is 14.3 Å². The number of benzene rings is 2. The van der Waals surface area contributed by atoms with Gasteiger partial charge < -0.3 is 15.0 Å². The molecule has 31 heavy (non-hydrogen) atoms. The second-order valence-electron chi connectivity index (χ2n) is 7.66. The van der Waals surface area contributed by atoms with Gasteiger partial charge in [0, 0.05) is 30.5 Å². The third-order valence-corrected chi connectivity index (χ3v) is 6.26. The second-order valence-corrected chi connectivity index (χ2v) is 8.76. The highest BCUT2D eigenvalue weighted by molar-refractivity contribution is 7.98. The highest BCUT2D eigenvalue weighted by Gasteiger charge is 2.26. The van der Waals surface area contributed by atoms with Gasteiger partial charge in [-0.25, -0.2) is 0 Å². The van der Waals surface area contributed by atoms with E-state index in [9.17, 15) is 9.59 Å². The summed E-state index contributed by atoms with van der Waals surface area (Å²) in [6.45, 7) is 6.17. The molecule has 0 spiro atoms. The van der Waals surface area contributed by atoms with Crippen LogP contribution in [0.3, 0.4) is 0 Å². The molecule has 0 heterocycles. The molecule has 0 fully saturated rings. The average Bonchev–Trinajstić information content (AvgIpc) is 2.80. The molecule has 2 aromatic rings. The van der Waals surface area contributed by atoms with Crippen molar-refractivity contribution in [3.05, 3.63) is 65.7 Å². The van der Waals surface area contributed by atoms with Crippen molar-refractivity contribution in [1.82, 2.24) is 10.2 Å². The van der Waals surface area contributed by atoms with Crippen LogP contribution in [-0.4, -0.2) is 41.7 Å². The fourth-order valence-electron chi connectivity index (χ4n) is 3.08. The van der Waals surface area contributed by atoms with E-state index in [2.05, 4.69) is 17.4 Å². The largest absolute Gasteiger partial charge is 0.497 e. The summed E-state index contributed by atoms with van der Waals surface area (Å²) in [7, 11) is 1.62. The van der Waals surface area contributed by atoms with Crippen LogP contribution in [0.15, 0.2) is 54.6 Å². The zero-order valence-electron chi connectivity index (χ0n) is 19.0. The predicted octanol–water partition coefficient (Wildman–Crippen LogP) is 4.65. The van der Waals surface area contributed by atoms with Crippen LogP contribution in [0.1, 0.15) is 44.7 Å². The second kappa shape index (κ2) is 13.1. The van der Waals surface area contributed by atoms with Gasteiger partial charge in [-0.3, -0.25) is 9.59 Å². The van der Waals surface area contributed by atoms with Gasteiger partial charge in [-0.15, -0.1) is 0 Å². The van der Waals surface area contributed by atoms with Crippen LogP contribution in [-0.2, 0) is 21.9 Å². The highest BCUT2D eigenvalue weighted by atomic mass is 32.2. The third-order valence-electron chi connectivity index (χ3n) is 5.23. The molecule has 0 bridgehead atoms. The molecule has 1 N–H and O–H groups in total. The fraction of sp³-hybridized carbons (Fsp3) is 0.440. The van der Waals surface area contributed by atoms with E-state index >= 15 is 0 Å². The summed E-state index contributed by atoms with van der Waals surface area (Å²) in [5.41, 5.74) is 2.18. The van der Waals surface area contributed by atoms with Crippen LogP contribution in [0.2, 0.25) is 0 Å². The Labute approximate surface area is 190 Å². The first-order valence-electron chi connectivity index (χ1n) is 10.8. The molecule has 0 aliphatic carbocycles. The molecule has 2 amide bonds. The van der Waals surface area contributed by atoms with Crippen LogP contribution in [0, 0.1) is 0 Å². The van der Waals surface area contributed by atoms with Crippen molar-refractivity contribution in [3.8, 4) is 5.75 Å². The maximum absolute atomic E-state index is 13.1. The molecule has 2 atom stereocenters. The molecule has 0 aromatic heterocycles. The van der Waals surface area contributed by atoms with Crippen LogP contribution in [0.4, 0.5) is 0 Å². The first kappa shape index (κ1) is 24.8. The molecule has 168 valence electrons. The Morgan fingerprint density at radius 2 is 1.77 bits per heavy atom. The quantitative estimate of drug-likeness (QED) is 0.486. The lowest BCUT2D eigenvalue weighted by Gasteiger charge is -2.30. The van der Waals surface area contributed by atoms with Crippen LogP contribution < -0.4 is 10.1 Å². The topological polar surface area (TPSA) is 58.6 Å². The smallest absolute Gasteiger partial charge is 0.242 e. The Kier molecular flexibility index (Phi) is 10.4. The Morgan fingerprint density at radius 3 is 2.45 bits per heavy atom. The van der Waals surface area contributed by atoms with E-state index in [-0.39, 0.29) is 17.9 Å². The molecule has 0 saturated heterocycles. The predicted molar refractivity (Wildman–Crippen MR) is 128 cm³/mol. The number of ether oxygens (including phenoxy) is 1. The van der Waals surface area contributed by atoms with Gasteiger partial charge in [-0.05, 0) is 43.5 Å². The first-order chi connectivity index (χ1) is 14.9. The van der Waals surface area contributed by atoms with Gasteiger partial charge in [0.15, 0.2) is 0 Å². The van der Waals surface area contributed by atoms with Gasteiger partial charge in [-0.2, -0.15) is 11.8 Å². The van der Waals surface area contributed by atoms with Crippen LogP contribution in [0.5, 0.6) is 5.75 Å². The number of rotatable bonds is 12. The van der Waals surface area contributed by atoms with Crippen molar-refractivity contribution in [2.45, 2.75) is 58.0 Å². The number of carbonyl (C=O) groups excluding carboxylic acids is 2. The molecule has 0 unspecified atom stereocenters. The number of nitrogens with one attached hydrogen (secondary N) is 1. The van der Waals surface area contributed by atoms with Crippen molar-refractivity contribution >= 4 is 23.6 Å².